The van der Waals surface area contributed by atoms with Crippen LogP contribution in [0.25, 0.3) is 0 Å². The van der Waals surface area contributed by atoms with Crippen LogP contribution in [-0.2, 0) is 45.6 Å². The maximum absolute atomic E-state index is 13.3. The lowest BCUT2D eigenvalue weighted by Gasteiger charge is -2.17. The van der Waals surface area contributed by atoms with Crippen molar-refractivity contribution in [3.8, 4) is 0 Å². The van der Waals surface area contributed by atoms with Gasteiger partial charge in [-0.15, -0.1) is 0 Å². The van der Waals surface area contributed by atoms with Crippen LogP contribution >= 0.6 is 11.6 Å². The highest BCUT2D eigenvalue weighted by Crippen LogP contribution is 2.27. The van der Waals surface area contributed by atoms with E-state index in [1.807, 2.05) is 27.7 Å². The summed E-state index contributed by atoms with van der Waals surface area (Å²) in [5.41, 5.74) is 1.51. The Morgan fingerprint density at radius 1 is 0.661 bits per heavy atom. The van der Waals surface area contributed by atoms with Crippen molar-refractivity contribution in [2.45, 2.75) is 89.6 Å². The summed E-state index contributed by atoms with van der Waals surface area (Å²) in [5.74, 6) is -2.58. The van der Waals surface area contributed by atoms with Gasteiger partial charge in [-0.3, -0.25) is 19.2 Å². The van der Waals surface area contributed by atoms with Gasteiger partial charge in [0, 0.05) is 30.2 Å². The first-order valence-electron chi connectivity index (χ1n) is 20.4. The maximum atomic E-state index is 13.3. The third-order valence-corrected chi connectivity index (χ3v) is 13.2. The lowest BCUT2D eigenvalue weighted by Crippen LogP contribution is -2.32. The first kappa shape index (κ1) is 51.7. The lowest BCUT2D eigenvalue weighted by molar-refractivity contribution is -0.128. The van der Waals surface area contributed by atoms with E-state index in [-0.39, 0.29) is 51.4 Å². The number of nitrogens with zero attached hydrogens (tertiary/aromatic N) is 6. The van der Waals surface area contributed by atoms with Crippen LogP contribution in [0.3, 0.4) is 0 Å². The highest BCUT2D eigenvalue weighted by Gasteiger charge is 2.27. The number of halogens is 1. The number of azo groups is 2. The predicted molar refractivity (Wildman–Crippen MR) is 240 cm³/mol. The normalized spacial score (nSPS) is 13.3. The number of ketones is 3. The van der Waals surface area contributed by atoms with E-state index in [2.05, 4.69) is 45.0 Å². The minimum atomic E-state index is -3.76. The average Bonchev–Trinajstić information content (AvgIpc) is 3.23. The van der Waals surface area contributed by atoms with Gasteiger partial charge in [0.15, 0.2) is 23.4 Å². The average molecular weight is 917 g/mol. The van der Waals surface area contributed by atoms with Gasteiger partial charge in [-0.1, -0.05) is 45.4 Å². The third kappa shape index (κ3) is 15.9. The van der Waals surface area contributed by atoms with E-state index in [0.29, 0.717) is 24.0 Å². The Kier molecular flexibility index (Phi) is 20.7. The molecule has 0 heterocycles. The number of aryl methyl sites for hydroxylation is 1. The Labute approximate surface area is 370 Å². The second-order valence-corrected chi connectivity index (χ2v) is 18.3. The van der Waals surface area contributed by atoms with Gasteiger partial charge in [0.1, 0.15) is 0 Å². The molecule has 0 radical (unpaired) electrons. The summed E-state index contributed by atoms with van der Waals surface area (Å²) in [4.78, 5) is 56.0. The van der Waals surface area contributed by atoms with E-state index in [9.17, 15) is 36.0 Å². The van der Waals surface area contributed by atoms with Gasteiger partial charge in [0.2, 0.25) is 26.1 Å². The monoisotopic (exact) mass is 915 g/mol. The van der Waals surface area contributed by atoms with Crippen LogP contribution in [0.4, 0.5) is 17.1 Å². The highest BCUT2D eigenvalue weighted by molar-refractivity contribution is 7.89. The number of Topliss-reactive ketones (excluding diaryl/α,β-unsaturated/α-hetero) is 3. The van der Waals surface area contributed by atoms with Gasteiger partial charge in [-0.2, -0.15) is 20.5 Å². The van der Waals surface area contributed by atoms with Crippen LogP contribution in [0.1, 0.15) is 65.5 Å². The van der Waals surface area contributed by atoms with Crippen molar-refractivity contribution in [3.63, 3.8) is 0 Å². The molecular formula is C42H58ClN9O8S2. The molecule has 0 aliphatic carbocycles. The summed E-state index contributed by atoms with van der Waals surface area (Å²) in [6.07, 6.45) is 1.01. The Morgan fingerprint density at radius 2 is 1.08 bits per heavy atom. The van der Waals surface area contributed by atoms with Crippen molar-refractivity contribution in [2.75, 3.05) is 57.7 Å². The highest BCUT2D eigenvalue weighted by atomic mass is 35.5. The standard InChI is InChI=1S/C42H58ClN9O8S2/c1-8-51(9-2)24-12-22-44-61(57,58)35-18-14-33(15-19-35)47-49-40(30(6)53)39(55)27-32-26-29(5)38(28-37(32)43)46-42(56)41(31(7)54)50-48-34-16-20-36(21-17-34)62(59,60)45-23-13-25-52(10-3)11-4/h14-21,26,28,40-41,44-45H,8-13,22-25,27H2,1-7H3,(H,46,56). The van der Waals surface area contributed by atoms with E-state index >= 15 is 0 Å². The number of amides is 1. The molecule has 0 spiro atoms. The minimum absolute atomic E-state index is 0.0294. The van der Waals surface area contributed by atoms with Gasteiger partial charge >= 0.3 is 0 Å². The molecule has 0 saturated heterocycles. The van der Waals surface area contributed by atoms with Crippen LogP contribution in [0.5, 0.6) is 0 Å². The SMILES string of the molecule is CCN(CC)CCCNS(=O)(=O)c1ccc(N=NC(C(C)=O)C(=O)Cc2cc(C)c(NC(=O)C(N=Nc3ccc(S(=O)(=O)NCCCN(CC)CC)cc3)C(C)=O)cc2Cl)cc1. The molecule has 17 nitrogen and oxygen atoms in total. The van der Waals surface area contributed by atoms with Gasteiger partial charge in [-0.05, 0) is 139 Å². The number of hydrogen-bond donors (Lipinski definition) is 3. The number of nitrogens with one attached hydrogen (secondary N) is 3. The smallest absolute Gasteiger partial charge is 0.258 e. The van der Waals surface area contributed by atoms with Crippen molar-refractivity contribution in [1.82, 2.24) is 19.2 Å². The Bertz CT molecular complexity index is 2120. The quantitative estimate of drug-likeness (QED) is 0.0445. The Morgan fingerprint density at radius 3 is 1.48 bits per heavy atom. The number of hydrogen-bond acceptors (Lipinski definition) is 14. The first-order chi connectivity index (χ1) is 29.3. The topological polar surface area (TPSA) is 229 Å². The van der Waals surface area contributed by atoms with Gasteiger partial charge in [0.05, 0.1) is 21.2 Å². The molecule has 3 rings (SSSR count). The number of carbonyl (C=O) groups excluding carboxylic acids is 4. The van der Waals surface area contributed by atoms with Crippen molar-refractivity contribution in [1.29, 1.82) is 0 Å². The molecule has 1 amide bonds. The van der Waals surface area contributed by atoms with Gasteiger partial charge in [0.25, 0.3) is 5.91 Å². The fourth-order valence-corrected chi connectivity index (χ4v) is 8.46. The van der Waals surface area contributed by atoms with E-state index in [4.69, 9.17) is 11.6 Å². The second-order valence-electron chi connectivity index (χ2n) is 14.4. The Balaban J connectivity index is 1.63. The fourth-order valence-electron chi connectivity index (χ4n) is 6.09. The van der Waals surface area contributed by atoms with Gasteiger partial charge in [-0.25, -0.2) is 26.3 Å². The second kappa shape index (κ2) is 24.9. The van der Waals surface area contributed by atoms with E-state index in [0.717, 1.165) is 39.3 Å². The summed E-state index contributed by atoms with van der Waals surface area (Å²) < 4.78 is 56.2. The molecule has 20 heteroatoms. The molecule has 3 aromatic carbocycles. The molecular weight excluding hydrogens is 858 g/mol. The fraction of sp³-hybridized carbons (Fsp3) is 0.476. The van der Waals surface area contributed by atoms with E-state index in [1.165, 1.54) is 68.4 Å². The molecule has 62 heavy (non-hydrogen) atoms. The largest absolute Gasteiger partial charge is 0.323 e. The summed E-state index contributed by atoms with van der Waals surface area (Å²) in [6, 6.07) is 11.0. The molecule has 0 saturated carbocycles. The number of carbonyl (C=O) groups is 4. The van der Waals surface area contributed by atoms with E-state index < -0.39 is 55.4 Å². The lowest BCUT2D eigenvalue weighted by atomic mass is 9.99. The number of anilines is 1. The summed E-state index contributed by atoms with van der Waals surface area (Å²) in [7, 11) is -7.52. The Hall–Kier alpha value is -4.63. The molecule has 3 N–H and O–H groups in total. The number of sulfonamides is 2. The zero-order valence-electron chi connectivity index (χ0n) is 36.4. The van der Waals surface area contributed by atoms with Crippen molar-refractivity contribution >= 4 is 72.0 Å². The zero-order valence-corrected chi connectivity index (χ0v) is 38.7. The molecule has 0 bridgehead atoms. The molecule has 338 valence electrons. The molecule has 2 atom stereocenters. The minimum Gasteiger partial charge on any atom is -0.323 e. The van der Waals surface area contributed by atoms with Crippen molar-refractivity contribution in [2.24, 2.45) is 20.5 Å². The first-order valence-corrected chi connectivity index (χ1v) is 23.8. The van der Waals surface area contributed by atoms with Gasteiger partial charge < -0.3 is 15.1 Å². The molecule has 0 aromatic heterocycles. The van der Waals surface area contributed by atoms with E-state index in [1.54, 1.807) is 13.0 Å². The zero-order chi connectivity index (χ0) is 46.0. The van der Waals surface area contributed by atoms with Crippen LogP contribution in [0.2, 0.25) is 5.02 Å². The summed E-state index contributed by atoms with van der Waals surface area (Å²) in [5, 5.41) is 18.6. The van der Waals surface area contributed by atoms with Crippen LogP contribution in [0.15, 0.2) is 90.9 Å². The van der Waals surface area contributed by atoms with Crippen molar-refractivity contribution in [3.05, 3.63) is 76.8 Å². The molecule has 0 aliphatic rings. The summed E-state index contributed by atoms with van der Waals surface area (Å²) >= 11 is 6.54. The summed E-state index contributed by atoms with van der Waals surface area (Å²) in [6.45, 7) is 17.8. The van der Waals surface area contributed by atoms with Crippen LogP contribution < -0.4 is 14.8 Å². The molecule has 0 aliphatic heterocycles. The molecule has 3 aromatic rings. The molecule has 0 fully saturated rings. The van der Waals surface area contributed by atoms with Crippen LogP contribution in [-0.4, -0.2) is 114 Å². The maximum Gasteiger partial charge on any atom is 0.258 e. The predicted octanol–water partition coefficient (Wildman–Crippen LogP) is 6.20. The number of rotatable bonds is 27. The number of benzene rings is 3. The van der Waals surface area contributed by atoms with Crippen LogP contribution in [0, 0.1) is 6.92 Å². The third-order valence-electron chi connectivity index (χ3n) is 9.89. The van der Waals surface area contributed by atoms with Crippen molar-refractivity contribution < 1.29 is 36.0 Å². The molecule has 2 unspecified atom stereocenters.